The van der Waals surface area contributed by atoms with E-state index in [1.54, 1.807) is 12.4 Å². The fourth-order valence-corrected chi connectivity index (χ4v) is 3.40. The first kappa shape index (κ1) is 14.1. The van der Waals surface area contributed by atoms with Gasteiger partial charge in [-0.3, -0.25) is 0 Å². The van der Waals surface area contributed by atoms with E-state index in [2.05, 4.69) is 72.6 Å². The Balaban J connectivity index is 2.11. The largest absolute Gasteiger partial charge is 0.328 e. The molecule has 0 saturated carbocycles. The van der Waals surface area contributed by atoms with Crippen LogP contribution < -0.4 is 9.80 Å². The highest BCUT2D eigenvalue weighted by Gasteiger charge is 2.42. The predicted molar refractivity (Wildman–Crippen MR) is 87.2 cm³/mol. The van der Waals surface area contributed by atoms with Crippen LogP contribution in [0.15, 0.2) is 36.3 Å². The zero-order chi connectivity index (χ0) is 15.2. The molecule has 0 saturated heterocycles. The number of hydrogen-bond acceptors (Lipinski definition) is 4. The van der Waals surface area contributed by atoms with Gasteiger partial charge in [0, 0.05) is 23.6 Å². The number of nitrogens with zero attached hydrogens (tertiary/aromatic N) is 4. The molecule has 21 heavy (non-hydrogen) atoms. The molecule has 4 nitrogen and oxygen atoms in total. The molecular formula is C17H24N4. The molecule has 0 aromatic carbocycles. The number of rotatable bonds is 1. The van der Waals surface area contributed by atoms with E-state index in [1.807, 2.05) is 0 Å². The van der Waals surface area contributed by atoms with Crippen molar-refractivity contribution in [3.8, 4) is 0 Å². The Labute approximate surface area is 127 Å². The minimum absolute atomic E-state index is 0.00720. The zero-order valence-electron chi connectivity index (χ0n) is 13.5. The average molecular weight is 284 g/mol. The number of anilines is 2. The summed E-state index contributed by atoms with van der Waals surface area (Å²) >= 11 is 0. The third-order valence-corrected chi connectivity index (χ3v) is 4.26. The Kier molecular flexibility index (Phi) is 3.27. The first-order valence-corrected chi connectivity index (χ1v) is 7.67. The van der Waals surface area contributed by atoms with E-state index in [0.717, 1.165) is 18.1 Å². The summed E-state index contributed by atoms with van der Waals surface area (Å²) in [7, 11) is 0. The molecule has 3 rings (SSSR count). The van der Waals surface area contributed by atoms with E-state index in [4.69, 9.17) is 0 Å². The minimum Gasteiger partial charge on any atom is -0.328 e. The number of fused-ring (bicyclic) bond motifs is 1. The van der Waals surface area contributed by atoms with Crippen molar-refractivity contribution in [2.45, 2.75) is 52.7 Å². The predicted octanol–water partition coefficient (Wildman–Crippen LogP) is 3.73. The van der Waals surface area contributed by atoms with Gasteiger partial charge in [-0.2, -0.15) is 0 Å². The Morgan fingerprint density at radius 1 is 1.10 bits per heavy atom. The molecule has 0 amide bonds. The highest BCUT2D eigenvalue weighted by molar-refractivity contribution is 5.74. The summed E-state index contributed by atoms with van der Waals surface area (Å²) in [4.78, 5) is 13.9. The van der Waals surface area contributed by atoms with Crippen molar-refractivity contribution in [3.63, 3.8) is 0 Å². The lowest BCUT2D eigenvalue weighted by molar-refractivity contribution is 0.454. The van der Waals surface area contributed by atoms with E-state index >= 15 is 0 Å². The van der Waals surface area contributed by atoms with Gasteiger partial charge in [0.05, 0.1) is 0 Å². The summed E-state index contributed by atoms with van der Waals surface area (Å²) < 4.78 is 0. The van der Waals surface area contributed by atoms with E-state index in [0.29, 0.717) is 5.92 Å². The molecule has 0 radical (unpaired) electrons. The summed E-state index contributed by atoms with van der Waals surface area (Å²) in [5.74, 6) is 2.47. The van der Waals surface area contributed by atoms with Gasteiger partial charge in [-0.25, -0.2) is 9.97 Å². The van der Waals surface area contributed by atoms with Gasteiger partial charge < -0.3 is 9.80 Å². The first-order valence-electron chi connectivity index (χ1n) is 7.67. The second-order valence-corrected chi connectivity index (χ2v) is 6.90. The smallest absolute Gasteiger partial charge is 0.178 e. The van der Waals surface area contributed by atoms with Crippen molar-refractivity contribution < 1.29 is 0 Å². The molecule has 1 unspecified atom stereocenters. The third-order valence-electron chi connectivity index (χ3n) is 4.26. The zero-order valence-corrected chi connectivity index (χ0v) is 13.5. The van der Waals surface area contributed by atoms with E-state index < -0.39 is 0 Å². The van der Waals surface area contributed by atoms with Crippen LogP contribution in [0, 0.1) is 5.92 Å². The van der Waals surface area contributed by atoms with Crippen molar-refractivity contribution in [3.05, 3.63) is 36.3 Å². The van der Waals surface area contributed by atoms with Crippen LogP contribution in [0.2, 0.25) is 0 Å². The molecule has 2 heterocycles. The molecule has 1 aromatic heterocycles. The van der Waals surface area contributed by atoms with Gasteiger partial charge in [-0.05, 0) is 46.1 Å². The van der Waals surface area contributed by atoms with Gasteiger partial charge in [0.15, 0.2) is 11.6 Å². The van der Waals surface area contributed by atoms with Crippen LogP contribution in [0.5, 0.6) is 0 Å². The quantitative estimate of drug-likeness (QED) is 0.786. The van der Waals surface area contributed by atoms with Crippen LogP contribution in [0.3, 0.4) is 0 Å². The van der Waals surface area contributed by atoms with Crippen LogP contribution >= 0.6 is 0 Å². The molecule has 0 fully saturated rings. The van der Waals surface area contributed by atoms with E-state index in [9.17, 15) is 0 Å². The van der Waals surface area contributed by atoms with Crippen LogP contribution in [0.25, 0.3) is 0 Å². The molecule has 0 spiro atoms. The fraction of sp³-hybridized carbons (Fsp3) is 0.529. The lowest BCUT2D eigenvalue weighted by Gasteiger charge is -2.40. The molecule has 1 aliphatic carbocycles. The number of allylic oxidation sites excluding steroid dienone is 4. The summed E-state index contributed by atoms with van der Waals surface area (Å²) in [6, 6.07) is 0. The van der Waals surface area contributed by atoms with Crippen molar-refractivity contribution in [1.82, 2.24) is 9.97 Å². The Hall–Kier alpha value is -1.84. The summed E-state index contributed by atoms with van der Waals surface area (Å²) in [6.07, 6.45) is 11.5. The van der Waals surface area contributed by atoms with Crippen LogP contribution in [0.1, 0.15) is 41.0 Å². The van der Waals surface area contributed by atoms with E-state index in [-0.39, 0.29) is 11.7 Å². The summed E-state index contributed by atoms with van der Waals surface area (Å²) in [5.41, 5.74) is 1.34. The maximum Gasteiger partial charge on any atom is 0.178 e. The second-order valence-electron chi connectivity index (χ2n) is 6.90. The molecule has 0 N–H and O–H groups in total. The van der Waals surface area contributed by atoms with Crippen LogP contribution in [-0.2, 0) is 0 Å². The normalized spacial score (nSPS) is 25.1. The highest BCUT2D eigenvalue weighted by atomic mass is 15.5. The molecule has 0 bridgehead atoms. The molecule has 2 atom stereocenters. The number of hydrogen-bond donors (Lipinski definition) is 0. The third kappa shape index (κ3) is 2.23. The Morgan fingerprint density at radius 2 is 1.76 bits per heavy atom. The van der Waals surface area contributed by atoms with Crippen molar-refractivity contribution in [1.29, 1.82) is 0 Å². The fourth-order valence-electron chi connectivity index (χ4n) is 3.40. The highest BCUT2D eigenvalue weighted by Crippen LogP contribution is 2.44. The lowest BCUT2D eigenvalue weighted by Crippen LogP contribution is -2.50. The molecule has 4 heteroatoms. The summed E-state index contributed by atoms with van der Waals surface area (Å²) in [5, 5.41) is 0. The SMILES string of the molecule is CC1CC=CC=C1N1c2nccnc2N(C(C)(C)C)[C@H]1C. The molecule has 112 valence electrons. The molecule has 1 aromatic rings. The first-order chi connectivity index (χ1) is 9.91. The van der Waals surface area contributed by atoms with Gasteiger partial charge in [-0.1, -0.05) is 19.1 Å². The second kappa shape index (κ2) is 4.86. The molecule has 1 aliphatic heterocycles. The summed E-state index contributed by atoms with van der Waals surface area (Å²) in [6.45, 7) is 11.2. The van der Waals surface area contributed by atoms with Gasteiger partial charge in [-0.15, -0.1) is 0 Å². The maximum atomic E-state index is 4.62. The lowest BCUT2D eigenvalue weighted by atomic mass is 9.97. The topological polar surface area (TPSA) is 32.3 Å². The van der Waals surface area contributed by atoms with Crippen molar-refractivity contribution in [2.24, 2.45) is 5.92 Å². The Bertz CT molecular complexity index is 597. The minimum atomic E-state index is 0.00720. The van der Waals surface area contributed by atoms with E-state index in [1.165, 1.54) is 5.70 Å². The van der Waals surface area contributed by atoms with Crippen LogP contribution in [-0.4, -0.2) is 21.7 Å². The monoisotopic (exact) mass is 284 g/mol. The van der Waals surface area contributed by atoms with Gasteiger partial charge in [0.2, 0.25) is 0 Å². The average Bonchev–Trinajstić information content (AvgIpc) is 2.71. The standard InChI is InChI=1S/C17H24N4/c1-12-8-6-7-9-14(12)20-13(2)21(17(3,4)5)16-15(20)18-10-11-19-16/h6-7,9-13H,8H2,1-5H3/t12?,13-/m0/s1. The number of aromatic nitrogens is 2. The van der Waals surface area contributed by atoms with Crippen molar-refractivity contribution >= 4 is 11.6 Å². The van der Waals surface area contributed by atoms with Gasteiger partial charge in [0.25, 0.3) is 0 Å². The van der Waals surface area contributed by atoms with Gasteiger partial charge >= 0.3 is 0 Å². The molecular weight excluding hydrogens is 260 g/mol. The van der Waals surface area contributed by atoms with Gasteiger partial charge in [0.1, 0.15) is 6.17 Å². The maximum absolute atomic E-state index is 4.62. The van der Waals surface area contributed by atoms with Crippen molar-refractivity contribution in [2.75, 3.05) is 9.80 Å². The molecule has 2 aliphatic rings. The Morgan fingerprint density at radius 3 is 2.38 bits per heavy atom. The van der Waals surface area contributed by atoms with Crippen LogP contribution in [0.4, 0.5) is 11.6 Å².